The molecule has 0 saturated carbocycles. The predicted molar refractivity (Wildman–Crippen MR) is 86.8 cm³/mol. The SMILES string of the molecule is Cc1ccccc1CCn1c(CCCl)nc2cccnc21. The Morgan fingerprint density at radius 2 is 1.95 bits per heavy atom. The Labute approximate surface area is 129 Å². The molecule has 1 aromatic carbocycles. The zero-order valence-electron chi connectivity index (χ0n) is 12.1. The predicted octanol–water partition coefficient (Wildman–Crippen LogP) is 3.76. The van der Waals surface area contributed by atoms with E-state index in [0.717, 1.165) is 36.4 Å². The van der Waals surface area contributed by atoms with Crippen LogP contribution in [0.3, 0.4) is 0 Å². The van der Waals surface area contributed by atoms with Gasteiger partial charge in [0.2, 0.25) is 0 Å². The molecule has 0 spiro atoms. The summed E-state index contributed by atoms with van der Waals surface area (Å²) in [5.41, 5.74) is 4.59. The minimum absolute atomic E-state index is 0.577. The highest BCUT2D eigenvalue weighted by atomic mass is 35.5. The topological polar surface area (TPSA) is 30.7 Å². The number of rotatable bonds is 5. The third kappa shape index (κ3) is 2.93. The number of aryl methyl sites for hydroxylation is 4. The number of aromatic nitrogens is 3. The number of imidazole rings is 1. The summed E-state index contributed by atoms with van der Waals surface area (Å²) in [5.74, 6) is 1.60. The quantitative estimate of drug-likeness (QED) is 0.672. The zero-order chi connectivity index (χ0) is 14.7. The first-order valence-electron chi connectivity index (χ1n) is 7.20. The zero-order valence-corrected chi connectivity index (χ0v) is 12.8. The van der Waals surface area contributed by atoms with Crippen LogP contribution in [0.25, 0.3) is 11.2 Å². The fourth-order valence-electron chi connectivity index (χ4n) is 2.64. The van der Waals surface area contributed by atoms with Crippen LogP contribution in [0.2, 0.25) is 0 Å². The van der Waals surface area contributed by atoms with Gasteiger partial charge in [-0.3, -0.25) is 0 Å². The van der Waals surface area contributed by atoms with Crippen LogP contribution in [-0.2, 0) is 19.4 Å². The van der Waals surface area contributed by atoms with Crippen molar-refractivity contribution >= 4 is 22.8 Å². The Hall–Kier alpha value is -1.87. The van der Waals surface area contributed by atoms with Crippen molar-refractivity contribution in [1.29, 1.82) is 0 Å². The lowest BCUT2D eigenvalue weighted by Crippen LogP contribution is -2.08. The summed E-state index contributed by atoms with van der Waals surface area (Å²) in [6, 6.07) is 12.4. The molecule has 0 saturated heterocycles. The van der Waals surface area contributed by atoms with Gasteiger partial charge in [0.15, 0.2) is 5.65 Å². The highest BCUT2D eigenvalue weighted by molar-refractivity contribution is 6.17. The van der Waals surface area contributed by atoms with E-state index in [1.54, 1.807) is 0 Å². The maximum atomic E-state index is 5.90. The molecule has 0 bridgehead atoms. The van der Waals surface area contributed by atoms with Crippen LogP contribution in [0.4, 0.5) is 0 Å². The molecule has 0 aliphatic rings. The maximum Gasteiger partial charge on any atom is 0.159 e. The molecule has 108 valence electrons. The van der Waals surface area contributed by atoms with Gasteiger partial charge in [-0.25, -0.2) is 9.97 Å². The number of fused-ring (bicyclic) bond motifs is 1. The van der Waals surface area contributed by atoms with Crippen LogP contribution in [-0.4, -0.2) is 20.4 Å². The fraction of sp³-hybridized carbons (Fsp3) is 0.294. The van der Waals surface area contributed by atoms with Crippen LogP contribution in [0, 0.1) is 6.92 Å². The summed E-state index contributed by atoms with van der Waals surface area (Å²) in [6.45, 7) is 3.03. The molecule has 0 fully saturated rings. The first-order valence-corrected chi connectivity index (χ1v) is 7.73. The van der Waals surface area contributed by atoms with Gasteiger partial charge in [-0.05, 0) is 36.6 Å². The number of benzene rings is 1. The summed E-state index contributed by atoms with van der Waals surface area (Å²) in [7, 11) is 0. The number of hydrogen-bond donors (Lipinski definition) is 0. The van der Waals surface area contributed by atoms with Crippen LogP contribution in [0.5, 0.6) is 0 Å². The molecule has 0 radical (unpaired) electrons. The molecule has 4 heteroatoms. The Morgan fingerprint density at radius 3 is 2.76 bits per heavy atom. The van der Waals surface area contributed by atoms with Crippen LogP contribution < -0.4 is 0 Å². The van der Waals surface area contributed by atoms with E-state index in [-0.39, 0.29) is 0 Å². The molecule has 2 aromatic heterocycles. The van der Waals surface area contributed by atoms with E-state index in [4.69, 9.17) is 11.6 Å². The molecular formula is C17H18ClN3. The highest BCUT2D eigenvalue weighted by Gasteiger charge is 2.11. The molecule has 3 aromatic rings. The van der Waals surface area contributed by atoms with E-state index in [1.165, 1.54) is 11.1 Å². The monoisotopic (exact) mass is 299 g/mol. The first-order chi connectivity index (χ1) is 10.3. The van der Waals surface area contributed by atoms with Gasteiger partial charge in [0.1, 0.15) is 11.3 Å². The van der Waals surface area contributed by atoms with Gasteiger partial charge in [0.25, 0.3) is 0 Å². The van der Waals surface area contributed by atoms with Gasteiger partial charge < -0.3 is 4.57 Å². The number of hydrogen-bond acceptors (Lipinski definition) is 2. The lowest BCUT2D eigenvalue weighted by Gasteiger charge is -2.09. The minimum atomic E-state index is 0.577. The largest absolute Gasteiger partial charge is 0.312 e. The average Bonchev–Trinajstić information content (AvgIpc) is 2.84. The van der Waals surface area contributed by atoms with Crippen molar-refractivity contribution in [1.82, 2.24) is 14.5 Å². The van der Waals surface area contributed by atoms with Gasteiger partial charge in [0.05, 0.1) is 0 Å². The third-order valence-corrected chi connectivity index (χ3v) is 3.96. The van der Waals surface area contributed by atoms with E-state index in [2.05, 4.69) is 45.7 Å². The van der Waals surface area contributed by atoms with E-state index < -0.39 is 0 Å². The third-order valence-electron chi connectivity index (χ3n) is 3.77. The van der Waals surface area contributed by atoms with E-state index in [9.17, 15) is 0 Å². The minimum Gasteiger partial charge on any atom is -0.312 e. The molecule has 21 heavy (non-hydrogen) atoms. The molecule has 0 aliphatic heterocycles. The molecule has 3 rings (SSSR count). The molecule has 0 atom stereocenters. The van der Waals surface area contributed by atoms with Crippen molar-refractivity contribution in [2.45, 2.75) is 26.3 Å². The average molecular weight is 300 g/mol. The lowest BCUT2D eigenvalue weighted by atomic mass is 10.1. The summed E-state index contributed by atoms with van der Waals surface area (Å²) in [6.07, 6.45) is 3.56. The number of pyridine rings is 1. The van der Waals surface area contributed by atoms with E-state index in [0.29, 0.717) is 5.88 Å². The van der Waals surface area contributed by atoms with Crippen molar-refractivity contribution in [3.8, 4) is 0 Å². The lowest BCUT2D eigenvalue weighted by molar-refractivity contribution is 0.668. The van der Waals surface area contributed by atoms with Crippen LogP contribution >= 0.6 is 11.6 Å². The molecule has 0 unspecified atom stereocenters. The summed E-state index contributed by atoms with van der Waals surface area (Å²) in [5, 5.41) is 0. The summed E-state index contributed by atoms with van der Waals surface area (Å²) in [4.78, 5) is 9.13. The number of halogens is 1. The van der Waals surface area contributed by atoms with Crippen LogP contribution in [0.1, 0.15) is 17.0 Å². The first kappa shape index (κ1) is 14.1. The molecule has 0 N–H and O–H groups in total. The Kier molecular flexibility index (Phi) is 4.20. The Balaban J connectivity index is 1.92. The molecule has 0 amide bonds. The molecule has 2 heterocycles. The maximum absolute atomic E-state index is 5.90. The van der Waals surface area contributed by atoms with Crippen molar-refractivity contribution in [2.24, 2.45) is 0 Å². The second kappa shape index (κ2) is 6.27. The molecule has 3 nitrogen and oxygen atoms in total. The van der Waals surface area contributed by atoms with Crippen molar-refractivity contribution in [3.05, 3.63) is 59.5 Å². The highest BCUT2D eigenvalue weighted by Crippen LogP contribution is 2.16. The van der Waals surface area contributed by atoms with E-state index in [1.807, 2.05) is 18.3 Å². The van der Waals surface area contributed by atoms with Gasteiger partial charge in [-0.2, -0.15) is 0 Å². The Morgan fingerprint density at radius 1 is 1.10 bits per heavy atom. The van der Waals surface area contributed by atoms with Gasteiger partial charge in [-0.15, -0.1) is 11.6 Å². The molecule has 0 aliphatic carbocycles. The standard InChI is InChI=1S/C17H18ClN3/c1-13-5-2-3-6-14(13)9-12-21-16(8-10-18)20-15-7-4-11-19-17(15)21/h2-7,11H,8-10,12H2,1H3. The fourth-order valence-corrected chi connectivity index (χ4v) is 2.81. The van der Waals surface area contributed by atoms with Gasteiger partial charge in [-0.1, -0.05) is 24.3 Å². The normalized spacial score (nSPS) is 11.1. The number of nitrogens with zero attached hydrogens (tertiary/aromatic N) is 3. The Bertz CT molecular complexity index is 749. The van der Waals surface area contributed by atoms with Crippen molar-refractivity contribution < 1.29 is 0 Å². The van der Waals surface area contributed by atoms with Crippen molar-refractivity contribution in [2.75, 3.05) is 5.88 Å². The summed E-state index contributed by atoms with van der Waals surface area (Å²) >= 11 is 5.90. The number of alkyl halides is 1. The summed E-state index contributed by atoms with van der Waals surface area (Å²) < 4.78 is 2.20. The van der Waals surface area contributed by atoms with E-state index >= 15 is 0 Å². The smallest absolute Gasteiger partial charge is 0.159 e. The second-order valence-corrected chi connectivity index (χ2v) is 5.52. The van der Waals surface area contributed by atoms with Gasteiger partial charge in [0, 0.05) is 25.0 Å². The second-order valence-electron chi connectivity index (χ2n) is 5.14. The van der Waals surface area contributed by atoms with Gasteiger partial charge >= 0.3 is 0 Å². The molecular weight excluding hydrogens is 282 g/mol. The van der Waals surface area contributed by atoms with Crippen LogP contribution in [0.15, 0.2) is 42.6 Å². The van der Waals surface area contributed by atoms with Crippen molar-refractivity contribution in [3.63, 3.8) is 0 Å².